The van der Waals surface area contributed by atoms with Crippen LogP contribution in [0.4, 0.5) is 0 Å². The molecule has 0 fully saturated rings. The smallest absolute Gasteiger partial charge is 0.179 e. The summed E-state index contributed by atoms with van der Waals surface area (Å²) >= 11 is 6.15. The summed E-state index contributed by atoms with van der Waals surface area (Å²) in [5.74, 6) is 1.10. The second-order valence-corrected chi connectivity index (χ2v) is 4.78. The quantitative estimate of drug-likeness (QED) is 0.913. The van der Waals surface area contributed by atoms with Crippen molar-refractivity contribution in [2.45, 2.75) is 6.10 Å². The van der Waals surface area contributed by atoms with Crippen molar-refractivity contribution in [1.82, 2.24) is 9.78 Å². The molecule has 0 spiro atoms. The topological polar surface area (TPSA) is 56.5 Å². The average molecular weight is 281 g/mol. The van der Waals surface area contributed by atoms with E-state index in [1.807, 2.05) is 0 Å². The van der Waals surface area contributed by atoms with Crippen molar-refractivity contribution < 1.29 is 14.6 Å². The number of aryl methyl sites for hydroxylation is 1. The summed E-state index contributed by atoms with van der Waals surface area (Å²) < 4.78 is 12.6. The lowest BCUT2D eigenvalue weighted by atomic mass is 10.0. The second-order valence-electron chi connectivity index (χ2n) is 4.38. The Labute approximate surface area is 115 Å². The molecule has 5 nitrogen and oxygen atoms in total. The fraction of sp³-hybridized carbons (Fsp3) is 0.308. The van der Waals surface area contributed by atoms with Gasteiger partial charge in [-0.25, -0.2) is 0 Å². The highest BCUT2D eigenvalue weighted by Crippen LogP contribution is 2.40. The van der Waals surface area contributed by atoms with Gasteiger partial charge in [0.2, 0.25) is 0 Å². The number of fused-ring (bicyclic) bond motifs is 1. The van der Waals surface area contributed by atoms with Gasteiger partial charge in [-0.05, 0) is 17.7 Å². The van der Waals surface area contributed by atoms with E-state index in [-0.39, 0.29) is 0 Å². The van der Waals surface area contributed by atoms with Gasteiger partial charge in [0.1, 0.15) is 19.3 Å². The summed E-state index contributed by atoms with van der Waals surface area (Å²) in [4.78, 5) is 0. The first-order valence-electron chi connectivity index (χ1n) is 5.91. The molecule has 1 N–H and O–H groups in total. The Morgan fingerprint density at radius 3 is 2.84 bits per heavy atom. The van der Waals surface area contributed by atoms with E-state index in [0.717, 1.165) is 0 Å². The summed E-state index contributed by atoms with van der Waals surface area (Å²) in [6.07, 6.45) is 2.59. The molecule has 0 radical (unpaired) electrons. The molecule has 0 aliphatic carbocycles. The van der Waals surface area contributed by atoms with Crippen LogP contribution in [0.5, 0.6) is 11.5 Å². The Kier molecular flexibility index (Phi) is 3.08. The third-order valence-corrected chi connectivity index (χ3v) is 3.26. The number of rotatable bonds is 2. The molecule has 2 aromatic rings. The van der Waals surface area contributed by atoms with E-state index in [1.54, 1.807) is 36.3 Å². The summed E-state index contributed by atoms with van der Waals surface area (Å²) in [6.45, 7) is 0.965. The van der Waals surface area contributed by atoms with Crippen molar-refractivity contribution >= 4 is 11.6 Å². The first-order chi connectivity index (χ1) is 9.15. The molecule has 1 aromatic carbocycles. The van der Waals surface area contributed by atoms with Crippen LogP contribution in [0, 0.1) is 0 Å². The van der Waals surface area contributed by atoms with Crippen LogP contribution in [0.2, 0.25) is 5.02 Å². The van der Waals surface area contributed by atoms with Gasteiger partial charge in [0.15, 0.2) is 11.5 Å². The minimum atomic E-state index is -0.790. The molecular formula is C13H13ClN2O3. The molecule has 1 aromatic heterocycles. The van der Waals surface area contributed by atoms with Crippen LogP contribution in [-0.2, 0) is 7.05 Å². The number of hydrogen-bond acceptors (Lipinski definition) is 4. The third kappa shape index (κ3) is 2.27. The van der Waals surface area contributed by atoms with E-state index in [1.165, 1.54) is 0 Å². The standard InChI is InChI=1S/C13H13ClN2O3/c1-16-7-9(6-15-16)12(17)8-4-10(14)13-11(5-8)18-2-3-19-13/h4-7,12,17H,2-3H2,1H3. The highest BCUT2D eigenvalue weighted by molar-refractivity contribution is 6.32. The number of aromatic nitrogens is 2. The molecule has 1 aliphatic heterocycles. The summed E-state index contributed by atoms with van der Waals surface area (Å²) in [5.41, 5.74) is 1.36. The van der Waals surface area contributed by atoms with Crippen LogP contribution < -0.4 is 9.47 Å². The lowest BCUT2D eigenvalue weighted by molar-refractivity contribution is 0.170. The Morgan fingerprint density at radius 2 is 2.11 bits per heavy atom. The molecule has 0 bridgehead atoms. The van der Waals surface area contributed by atoms with Crippen LogP contribution in [0.3, 0.4) is 0 Å². The maximum Gasteiger partial charge on any atom is 0.179 e. The predicted octanol–water partition coefficient (Wildman–Crippen LogP) is 1.93. The van der Waals surface area contributed by atoms with E-state index in [9.17, 15) is 5.11 Å². The number of aliphatic hydroxyl groups excluding tert-OH is 1. The van der Waals surface area contributed by atoms with Gasteiger partial charge in [-0.3, -0.25) is 4.68 Å². The lowest BCUT2D eigenvalue weighted by Crippen LogP contribution is -2.16. The number of aliphatic hydroxyl groups is 1. The van der Waals surface area contributed by atoms with E-state index >= 15 is 0 Å². The third-order valence-electron chi connectivity index (χ3n) is 2.98. The van der Waals surface area contributed by atoms with Crippen molar-refractivity contribution in [1.29, 1.82) is 0 Å². The highest BCUT2D eigenvalue weighted by Gasteiger charge is 2.20. The number of nitrogens with zero attached hydrogens (tertiary/aromatic N) is 2. The van der Waals surface area contributed by atoms with E-state index in [0.29, 0.717) is 40.9 Å². The summed E-state index contributed by atoms with van der Waals surface area (Å²) in [7, 11) is 1.80. The number of benzene rings is 1. The Balaban J connectivity index is 1.99. The molecular weight excluding hydrogens is 268 g/mol. The van der Waals surface area contributed by atoms with Crippen LogP contribution in [-0.4, -0.2) is 28.1 Å². The fourth-order valence-corrected chi connectivity index (χ4v) is 2.34. The molecule has 6 heteroatoms. The number of hydrogen-bond donors (Lipinski definition) is 1. The van der Waals surface area contributed by atoms with Gasteiger partial charge in [0.05, 0.1) is 11.2 Å². The van der Waals surface area contributed by atoms with Crippen LogP contribution >= 0.6 is 11.6 Å². The maximum absolute atomic E-state index is 10.3. The SMILES string of the molecule is Cn1cc(C(O)c2cc(Cl)c3c(c2)OCCO3)cn1. The fourth-order valence-electron chi connectivity index (χ4n) is 2.06. The molecule has 0 saturated heterocycles. The zero-order valence-corrected chi connectivity index (χ0v) is 11.1. The minimum Gasteiger partial charge on any atom is -0.486 e. The summed E-state index contributed by atoms with van der Waals surface area (Å²) in [6, 6.07) is 3.44. The van der Waals surface area contributed by atoms with E-state index in [2.05, 4.69) is 5.10 Å². The van der Waals surface area contributed by atoms with Gasteiger partial charge >= 0.3 is 0 Å². The van der Waals surface area contributed by atoms with Crippen molar-refractivity contribution in [3.63, 3.8) is 0 Å². The van der Waals surface area contributed by atoms with Gasteiger partial charge in [-0.2, -0.15) is 5.10 Å². The number of halogens is 1. The van der Waals surface area contributed by atoms with Gasteiger partial charge in [-0.1, -0.05) is 11.6 Å². The molecule has 0 saturated carbocycles. The van der Waals surface area contributed by atoms with Crippen LogP contribution in [0.1, 0.15) is 17.2 Å². The Hall–Kier alpha value is -1.72. The van der Waals surface area contributed by atoms with Crippen LogP contribution in [0.15, 0.2) is 24.5 Å². The van der Waals surface area contributed by atoms with Crippen molar-refractivity contribution in [2.75, 3.05) is 13.2 Å². The average Bonchev–Trinajstić information content (AvgIpc) is 2.84. The normalized spacial score (nSPS) is 15.3. The molecule has 100 valence electrons. The highest BCUT2D eigenvalue weighted by atomic mass is 35.5. The maximum atomic E-state index is 10.3. The Morgan fingerprint density at radius 1 is 1.32 bits per heavy atom. The minimum absolute atomic E-state index is 0.440. The second kappa shape index (κ2) is 4.75. The van der Waals surface area contributed by atoms with Gasteiger partial charge in [0, 0.05) is 18.8 Å². The molecule has 19 heavy (non-hydrogen) atoms. The van der Waals surface area contributed by atoms with Gasteiger partial charge < -0.3 is 14.6 Å². The summed E-state index contributed by atoms with van der Waals surface area (Å²) in [5, 5.41) is 14.8. The zero-order chi connectivity index (χ0) is 13.4. The van der Waals surface area contributed by atoms with Crippen LogP contribution in [0.25, 0.3) is 0 Å². The predicted molar refractivity (Wildman–Crippen MR) is 69.7 cm³/mol. The monoisotopic (exact) mass is 280 g/mol. The first-order valence-corrected chi connectivity index (χ1v) is 6.28. The molecule has 3 rings (SSSR count). The van der Waals surface area contributed by atoms with Crippen molar-refractivity contribution in [3.05, 3.63) is 40.7 Å². The zero-order valence-electron chi connectivity index (χ0n) is 10.3. The molecule has 1 atom stereocenters. The van der Waals surface area contributed by atoms with Gasteiger partial charge in [-0.15, -0.1) is 0 Å². The largest absolute Gasteiger partial charge is 0.486 e. The van der Waals surface area contributed by atoms with E-state index in [4.69, 9.17) is 21.1 Å². The molecule has 1 aliphatic rings. The van der Waals surface area contributed by atoms with E-state index < -0.39 is 6.10 Å². The first kappa shape index (κ1) is 12.3. The van der Waals surface area contributed by atoms with Crippen molar-refractivity contribution in [3.8, 4) is 11.5 Å². The van der Waals surface area contributed by atoms with Gasteiger partial charge in [0.25, 0.3) is 0 Å². The number of ether oxygens (including phenoxy) is 2. The lowest BCUT2D eigenvalue weighted by Gasteiger charge is -2.21. The molecule has 0 amide bonds. The molecule has 2 heterocycles. The van der Waals surface area contributed by atoms with Crippen molar-refractivity contribution in [2.24, 2.45) is 7.05 Å². The molecule has 1 unspecified atom stereocenters. The Bertz CT molecular complexity index is 612.